The van der Waals surface area contributed by atoms with Gasteiger partial charge in [-0.2, -0.15) is 0 Å². The van der Waals surface area contributed by atoms with Gasteiger partial charge in [-0.15, -0.1) is 0 Å². The lowest BCUT2D eigenvalue weighted by Gasteiger charge is -2.22. The molecule has 0 fully saturated rings. The zero-order chi connectivity index (χ0) is 19.8. The minimum atomic E-state index is -0.160. The third-order valence-electron chi connectivity index (χ3n) is 4.02. The van der Waals surface area contributed by atoms with E-state index in [9.17, 15) is 9.59 Å². The van der Waals surface area contributed by atoms with Crippen LogP contribution in [0, 0.1) is 0 Å². The molecule has 0 aliphatic heterocycles. The molecule has 0 unspecified atom stereocenters. The number of benzene rings is 2. The van der Waals surface area contributed by atoms with E-state index >= 15 is 0 Å². The third-order valence-corrected chi connectivity index (χ3v) is 4.28. The highest BCUT2D eigenvalue weighted by molar-refractivity contribution is 6.30. The Hall–Kier alpha value is -2.73. The van der Waals surface area contributed by atoms with Gasteiger partial charge in [0, 0.05) is 43.2 Å². The number of nitrogens with zero attached hydrogens (tertiary/aromatic N) is 1. The van der Waals surface area contributed by atoms with Gasteiger partial charge in [0.15, 0.2) is 11.5 Å². The summed E-state index contributed by atoms with van der Waals surface area (Å²) in [5, 5.41) is 3.49. The molecule has 0 aliphatic carbocycles. The second-order valence-electron chi connectivity index (χ2n) is 5.86. The van der Waals surface area contributed by atoms with Crippen molar-refractivity contribution in [2.24, 2.45) is 0 Å². The molecule has 0 aromatic heterocycles. The van der Waals surface area contributed by atoms with E-state index in [2.05, 4.69) is 5.32 Å². The SMILES string of the molecule is COc1ccc(N(CCC(=O)NCc2ccc(Cl)cc2)C(C)=O)cc1OC. The fourth-order valence-corrected chi connectivity index (χ4v) is 2.69. The van der Waals surface area contributed by atoms with Gasteiger partial charge < -0.3 is 19.7 Å². The van der Waals surface area contributed by atoms with Gasteiger partial charge in [-0.3, -0.25) is 9.59 Å². The number of anilines is 1. The van der Waals surface area contributed by atoms with Crippen LogP contribution in [0.25, 0.3) is 0 Å². The van der Waals surface area contributed by atoms with Gasteiger partial charge in [-0.05, 0) is 29.8 Å². The van der Waals surface area contributed by atoms with Crippen LogP contribution in [0.4, 0.5) is 5.69 Å². The van der Waals surface area contributed by atoms with Gasteiger partial charge >= 0.3 is 0 Å². The zero-order valence-electron chi connectivity index (χ0n) is 15.6. The lowest BCUT2D eigenvalue weighted by Crippen LogP contribution is -2.33. The van der Waals surface area contributed by atoms with Gasteiger partial charge in [0.1, 0.15) is 0 Å². The van der Waals surface area contributed by atoms with E-state index in [0.29, 0.717) is 28.8 Å². The Kier molecular flexibility index (Phi) is 7.49. The predicted molar refractivity (Wildman–Crippen MR) is 105 cm³/mol. The fraction of sp³-hybridized carbons (Fsp3) is 0.300. The van der Waals surface area contributed by atoms with E-state index in [1.165, 1.54) is 18.9 Å². The molecule has 0 spiro atoms. The van der Waals surface area contributed by atoms with E-state index in [1.54, 1.807) is 37.4 Å². The average Bonchev–Trinajstić information content (AvgIpc) is 2.67. The molecular formula is C20H23ClN2O4. The number of carbonyl (C=O) groups excluding carboxylic acids is 2. The van der Waals surface area contributed by atoms with Crippen LogP contribution in [-0.4, -0.2) is 32.6 Å². The number of halogens is 1. The van der Waals surface area contributed by atoms with E-state index in [4.69, 9.17) is 21.1 Å². The molecule has 0 bridgehead atoms. The Bertz CT molecular complexity index is 793. The van der Waals surface area contributed by atoms with Crippen LogP contribution in [-0.2, 0) is 16.1 Å². The predicted octanol–water partition coefficient (Wildman–Crippen LogP) is 3.42. The first-order valence-corrected chi connectivity index (χ1v) is 8.83. The van der Waals surface area contributed by atoms with Crippen molar-refractivity contribution in [3.05, 3.63) is 53.1 Å². The highest BCUT2D eigenvalue weighted by Gasteiger charge is 2.16. The maximum Gasteiger partial charge on any atom is 0.223 e. The largest absolute Gasteiger partial charge is 0.493 e. The zero-order valence-corrected chi connectivity index (χ0v) is 16.4. The lowest BCUT2D eigenvalue weighted by molar-refractivity contribution is -0.121. The number of carbonyl (C=O) groups is 2. The Labute approximate surface area is 164 Å². The summed E-state index contributed by atoms with van der Waals surface area (Å²) in [6.07, 6.45) is 0.182. The van der Waals surface area contributed by atoms with Crippen molar-refractivity contribution in [1.29, 1.82) is 0 Å². The van der Waals surface area contributed by atoms with Crippen LogP contribution in [0.3, 0.4) is 0 Å². The molecule has 6 nitrogen and oxygen atoms in total. The van der Waals surface area contributed by atoms with Crippen molar-refractivity contribution >= 4 is 29.1 Å². The molecule has 2 aromatic carbocycles. The molecule has 144 valence electrons. The number of hydrogen-bond acceptors (Lipinski definition) is 4. The molecule has 7 heteroatoms. The topological polar surface area (TPSA) is 67.9 Å². The Morgan fingerprint density at radius 1 is 1.04 bits per heavy atom. The van der Waals surface area contributed by atoms with E-state index in [1.807, 2.05) is 12.1 Å². The quantitative estimate of drug-likeness (QED) is 0.750. The molecule has 0 atom stereocenters. The van der Waals surface area contributed by atoms with E-state index in [0.717, 1.165) is 5.56 Å². The minimum absolute atomic E-state index is 0.142. The van der Waals surface area contributed by atoms with Crippen LogP contribution in [0.15, 0.2) is 42.5 Å². The summed E-state index contributed by atoms with van der Waals surface area (Å²) in [6, 6.07) is 12.5. The Balaban J connectivity index is 1.96. The lowest BCUT2D eigenvalue weighted by atomic mass is 10.2. The van der Waals surface area contributed by atoms with Gasteiger partial charge in [0.05, 0.1) is 14.2 Å². The molecule has 0 aliphatic rings. The van der Waals surface area contributed by atoms with Gasteiger partial charge in [0.25, 0.3) is 0 Å². The molecule has 2 aromatic rings. The number of methoxy groups -OCH3 is 2. The number of nitrogens with one attached hydrogen (secondary N) is 1. The highest BCUT2D eigenvalue weighted by Crippen LogP contribution is 2.31. The smallest absolute Gasteiger partial charge is 0.223 e. The standard InChI is InChI=1S/C20H23ClN2O4/c1-14(24)23(17-8-9-18(26-2)19(12-17)27-3)11-10-20(25)22-13-15-4-6-16(21)7-5-15/h4-9,12H,10-11,13H2,1-3H3,(H,22,25). The molecule has 27 heavy (non-hydrogen) atoms. The van der Waals surface area contributed by atoms with E-state index in [-0.39, 0.29) is 24.8 Å². The van der Waals surface area contributed by atoms with Crippen LogP contribution < -0.4 is 19.7 Å². The average molecular weight is 391 g/mol. The number of ether oxygens (including phenoxy) is 2. The number of hydrogen-bond donors (Lipinski definition) is 1. The Morgan fingerprint density at radius 2 is 1.70 bits per heavy atom. The molecular weight excluding hydrogens is 368 g/mol. The van der Waals surface area contributed by atoms with Crippen molar-refractivity contribution in [1.82, 2.24) is 5.32 Å². The number of amides is 2. The summed E-state index contributed by atoms with van der Waals surface area (Å²) in [5.41, 5.74) is 1.60. The van der Waals surface area contributed by atoms with Crippen LogP contribution in [0.5, 0.6) is 11.5 Å². The first-order valence-electron chi connectivity index (χ1n) is 8.46. The van der Waals surface area contributed by atoms with Crippen molar-refractivity contribution in [2.75, 3.05) is 25.7 Å². The maximum atomic E-state index is 12.1. The molecule has 0 saturated heterocycles. The number of rotatable bonds is 8. The summed E-state index contributed by atoms with van der Waals surface area (Å²) in [6.45, 7) is 2.13. The summed E-state index contributed by atoms with van der Waals surface area (Å²) < 4.78 is 10.5. The molecule has 0 saturated carbocycles. The monoisotopic (exact) mass is 390 g/mol. The molecule has 2 rings (SSSR count). The van der Waals surface area contributed by atoms with Gasteiger partial charge in [0.2, 0.25) is 11.8 Å². The second-order valence-corrected chi connectivity index (χ2v) is 6.30. The summed E-state index contributed by atoms with van der Waals surface area (Å²) in [7, 11) is 3.08. The second kappa shape index (κ2) is 9.83. The first kappa shape index (κ1) is 20.6. The molecule has 0 radical (unpaired) electrons. The van der Waals surface area contributed by atoms with Gasteiger partial charge in [-0.1, -0.05) is 23.7 Å². The summed E-state index contributed by atoms with van der Waals surface area (Å²) >= 11 is 5.85. The summed E-state index contributed by atoms with van der Waals surface area (Å²) in [4.78, 5) is 25.7. The highest BCUT2D eigenvalue weighted by atomic mass is 35.5. The van der Waals surface area contributed by atoms with Crippen molar-refractivity contribution in [3.63, 3.8) is 0 Å². The van der Waals surface area contributed by atoms with Crippen LogP contribution >= 0.6 is 11.6 Å². The van der Waals surface area contributed by atoms with Crippen molar-refractivity contribution in [3.8, 4) is 11.5 Å². The third kappa shape index (κ3) is 5.89. The van der Waals surface area contributed by atoms with Crippen LogP contribution in [0.1, 0.15) is 18.9 Å². The Morgan fingerprint density at radius 3 is 2.30 bits per heavy atom. The normalized spacial score (nSPS) is 10.2. The first-order chi connectivity index (χ1) is 12.9. The van der Waals surface area contributed by atoms with Crippen molar-refractivity contribution in [2.45, 2.75) is 19.9 Å². The molecule has 0 heterocycles. The summed E-state index contributed by atoms with van der Waals surface area (Å²) in [5.74, 6) is 0.795. The van der Waals surface area contributed by atoms with Crippen LogP contribution in [0.2, 0.25) is 5.02 Å². The molecule has 1 N–H and O–H groups in total. The van der Waals surface area contributed by atoms with Gasteiger partial charge in [-0.25, -0.2) is 0 Å². The minimum Gasteiger partial charge on any atom is -0.493 e. The maximum absolute atomic E-state index is 12.1. The fourth-order valence-electron chi connectivity index (χ4n) is 2.57. The van der Waals surface area contributed by atoms with Crippen molar-refractivity contribution < 1.29 is 19.1 Å². The van der Waals surface area contributed by atoms with E-state index < -0.39 is 0 Å². The molecule has 2 amide bonds.